The van der Waals surface area contributed by atoms with E-state index in [1.54, 1.807) is 0 Å². The van der Waals surface area contributed by atoms with Crippen molar-refractivity contribution in [2.75, 3.05) is 0 Å². The van der Waals surface area contributed by atoms with Crippen LogP contribution < -0.4 is 0 Å². The van der Waals surface area contributed by atoms with E-state index in [-0.39, 0.29) is 0 Å². The van der Waals surface area contributed by atoms with Crippen LogP contribution in [0.2, 0.25) is 0 Å². The molecular weight excluding hydrogens is 220 g/mol. The molecule has 0 bridgehead atoms. The zero-order valence-corrected chi connectivity index (χ0v) is 11.6. The van der Waals surface area contributed by atoms with Crippen LogP contribution in [0.25, 0.3) is 0 Å². The molecule has 1 aromatic rings. The first-order chi connectivity index (χ1) is 8.70. The molecule has 2 rings (SSSR count). The summed E-state index contributed by atoms with van der Waals surface area (Å²) in [7, 11) is 0. The second-order valence-electron chi connectivity index (χ2n) is 5.94. The van der Waals surface area contributed by atoms with Crippen molar-refractivity contribution in [2.45, 2.75) is 58.3 Å². The third kappa shape index (κ3) is 3.22. The first-order valence-electron chi connectivity index (χ1n) is 7.28. The molecule has 0 aromatic heterocycles. The lowest BCUT2D eigenvalue weighted by molar-refractivity contribution is 0.112. The normalized spacial score (nSPS) is 17.1. The summed E-state index contributed by atoms with van der Waals surface area (Å²) in [6, 6.07) is 6.40. The van der Waals surface area contributed by atoms with Gasteiger partial charge < -0.3 is 0 Å². The van der Waals surface area contributed by atoms with Crippen LogP contribution in [0.15, 0.2) is 18.2 Å². The summed E-state index contributed by atoms with van der Waals surface area (Å²) in [5.41, 5.74) is 3.48. The molecule has 1 aliphatic carbocycles. The molecule has 98 valence electrons. The van der Waals surface area contributed by atoms with Crippen LogP contribution in [0, 0.1) is 5.92 Å². The number of benzene rings is 1. The Morgan fingerprint density at radius 3 is 2.56 bits per heavy atom. The van der Waals surface area contributed by atoms with E-state index in [0.29, 0.717) is 5.92 Å². The first kappa shape index (κ1) is 13.3. The lowest BCUT2D eigenvalue weighted by Gasteiger charge is -2.22. The van der Waals surface area contributed by atoms with E-state index in [2.05, 4.69) is 26.0 Å². The predicted molar refractivity (Wildman–Crippen MR) is 76.2 cm³/mol. The summed E-state index contributed by atoms with van der Waals surface area (Å²) in [5.74, 6) is 1.29. The van der Waals surface area contributed by atoms with Crippen LogP contribution in [-0.4, -0.2) is 6.29 Å². The Morgan fingerprint density at radius 1 is 1.22 bits per heavy atom. The van der Waals surface area contributed by atoms with Crippen LogP contribution in [0.3, 0.4) is 0 Å². The molecule has 1 heteroatoms. The van der Waals surface area contributed by atoms with E-state index in [1.807, 2.05) is 6.07 Å². The maximum atomic E-state index is 11.0. The maximum Gasteiger partial charge on any atom is 0.150 e. The van der Waals surface area contributed by atoms with E-state index in [9.17, 15) is 4.79 Å². The molecule has 0 spiro atoms. The lowest BCUT2D eigenvalue weighted by Crippen LogP contribution is -2.09. The molecule has 0 heterocycles. The molecular formula is C17H24O. The molecule has 1 saturated carbocycles. The highest BCUT2D eigenvalue weighted by molar-refractivity contribution is 5.77. The van der Waals surface area contributed by atoms with Gasteiger partial charge in [-0.3, -0.25) is 4.79 Å². The van der Waals surface area contributed by atoms with Gasteiger partial charge in [-0.15, -0.1) is 0 Å². The minimum atomic E-state index is 0.427. The van der Waals surface area contributed by atoms with Crippen molar-refractivity contribution in [3.05, 3.63) is 34.9 Å². The zero-order valence-electron chi connectivity index (χ0n) is 11.6. The minimum absolute atomic E-state index is 0.427. The number of hydrogen-bond acceptors (Lipinski definition) is 1. The highest BCUT2D eigenvalue weighted by Crippen LogP contribution is 2.28. The number of carbonyl (C=O) groups excluding carboxylic acids is 1. The lowest BCUT2D eigenvalue weighted by atomic mass is 9.84. The Balaban J connectivity index is 2.13. The van der Waals surface area contributed by atoms with E-state index in [1.165, 1.54) is 49.7 Å². The Morgan fingerprint density at radius 2 is 1.94 bits per heavy atom. The molecule has 0 N–H and O–H groups in total. The molecule has 1 aromatic carbocycles. The number of aldehydes is 1. The first-order valence-corrected chi connectivity index (χ1v) is 7.28. The molecule has 1 fully saturated rings. The van der Waals surface area contributed by atoms with Crippen molar-refractivity contribution in [3.8, 4) is 0 Å². The smallest absolute Gasteiger partial charge is 0.150 e. The predicted octanol–water partition coefficient (Wildman–Crippen LogP) is 4.75. The minimum Gasteiger partial charge on any atom is -0.298 e. The summed E-state index contributed by atoms with van der Waals surface area (Å²) in [5, 5.41) is 0. The fraction of sp³-hybridized carbons (Fsp3) is 0.588. The summed E-state index contributed by atoms with van der Waals surface area (Å²) in [6.45, 7) is 4.32. The highest BCUT2D eigenvalue weighted by atomic mass is 16.1. The monoisotopic (exact) mass is 244 g/mol. The van der Waals surface area contributed by atoms with Crippen molar-refractivity contribution < 1.29 is 4.79 Å². The van der Waals surface area contributed by atoms with Crippen molar-refractivity contribution in [1.29, 1.82) is 0 Å². The molecule has 0 atom stereocenters. The summed E-state index contributed by atoms with van der Waals surface area (Å²) < 4.78 is 0. The van der Waals surface area contributed by atoms with Gasteiger partial charge >= 0.3 is 0 Å². The van der Waals surface area contributed by atoms with Crippen LogP contribution in [0.1, 0.15) is 73.4 Å². The standard InChI is InChI=1S/C17H24O/c1-13(2)17-11-15(8-9-16(17)12-18)10-14-6-4-3-5-7-14/h8-9,11-14H,3-7,10H2,1-2H3. The Kier molecular flexibility index (Phi) is 4.57. The topological polar surface area (TPSA) is 17.1 Å². The van der Waals surface area contributed by atoms with Gasteiger partial charge in [-0.25, -0.2) is 0 Å². The van der Waals surface area contributed by atoms with Gasteiger partial charge in [0.1, 0.15) is 6.29 Å². The average molecular weight is 244 g/mol. The number of hydrogen-bond donors (Lipinski definition) is 0. The molecule has 0 saturated heterocycles. The largest absolute Gasteiger partial charge is 0.298 e. The SMILES string of the molecule is CC(C)c1cc(CC2CCCCC2)ccc1C=O. The average Bonchev–Trinajstić information content (AvgIpc) is 2.40. The van der Waals surface area contributed by atoms with Crippen molar-refractivity contribution in [1.82, 2.24) is 0 Å². The van der Waals surface area contributed by atoms with E-state index in [0.717, 1.165) is 17.8 Å². The van der Waals surface area contributed by atoms with Gasteiger partial charge in [-0.1, -0.05) is 64.2 Å². The Hall–Kier alpha value is -1.11. The molecule has 0 radical (unpaired) electrons. The molecule has 0 unspecified atom stereocenters. The van der Waals surface area contributed by atoms with Crippen LogP contribution >= 0.6 is 0 Å². The van der Waals surface area contributed by atoms with Crippen LogP contribution in [0.4, 0.5) is 0 Å². The zero-order chi connectivity index (χ0) is 13.0. The summed E-state index contributed by atoms with van der Waals surface area (Å²) >= 11 is 0. The van der Waals surface area contributed by atoms with E-state index >= 15 is 0 Å². The van der Waals surface area contributed by atoms with Gasteiger partial charge in [0.2, 0.25) is 0 Å². The van der Waals surface area contributed by atoms with E-state index in [4.69, 9.17) is 0 Å². The van der Waals surface area contributed by atoms with Gasteiger partial charge in [0.25, 0.3) is 0 Å². The third-order valence-corrected chi connectivity index (χ3v) is 4.15. The second-order valence-corrected chi connectivity index (χ2v) is 5.94. The molecule has 0 aliphatic heterocycles. The van der Waals surface area contributed by atoms with Gasteiger partial charge in [0, 0.05) is 5.56 Å². The fourth-order valence-electron chi connectivity index (χ4n) is 3.08. The van der Waals surface area contributed by atoms with Gasteiger partial charge in [-0.2, -0.15) is 0 Å². The number of carbonyl (C=O) groups is 1. The van der Waals surface area contributed by atoms with Crippen LogP contribution in [-0.2, 0) is 6.42 Å². The second kappa shape index (κ2) is 6.17. The van der Waals surface area contributed by atoms with Gasteiger partial charge in [0.05, 0.1) is 0 Å². The number of rotatable bonds is 4. The highest BCUT2D eigenvalue weighted by Gasteiger charge is 2.15. The quantitative estimate of drug-likeness (QED) is 0.699. The van der Waals surface area contributed by atoms with E-state index < -0.39 is 0 Å². The summed E-state index contributed by atoms with van der Waals surface area (Å²) in [6.07, 6.45) is 9.15. The molecule has 1 aliphatic rings. The maximum absolute atomic E-state index is 11.0. The molecule has 18 heavy (non-hydrogen) atoms. The Bertz CT molecular complexity index is 400. The van der Waals surface area contributed by atoms with Crippen molar-refractivity contribution in [2.24, 2.45) is 5.92 Å². The molecule has 1 nitrogen and oxygen atoms in total. The fourth-order valence-corrected chi connectivity index (χ4v) is 3.08. The van der Waals surface area contributed by atoms with Crippen molar-refractivity contribution in [3.63, 3.8) is 0 Å². The van der Waals surface area contributed by atoms with Crippen molar-refractivity contribution >= 4 is 6.29 Å². The third-order valence-electron chi connectivity index (χ3n) is 4.15. The summed E-state index contributed by atoms with van der Waals surface area (Å²) in [4.78, 5) is 11.0. The van der Waals surface area contributed by atoms with Gasteiger partial charge in [0.15, 0.2) is 0 Å². The Labute approximate surface area is 111 Å². The van der Waals surface area contributed by atoms with Gasteiger partial charge in [-0.05, 0) is 29.4 Å². The molecule has 0 amide bonds. The van der Waals surface area contributed by atoms with Crippen LogP contribution in [0.5, 0.6) is 0 Å².